The van der Waals surface area contributed by atoms with Gasteiger partial charge in [-0.15, -0.1) is 11.8 Å². The van der Waals surface area contributed by atoms with E-state index in [0.29, 0.717) is 17.5 Å². The Labute approximate surface area is 131 Å². The zero-order chi connectivity index (χ0) is 15.1. The van der Waals surface area contributed by atoms with Gasteiger partial charge in [-0.1, -0.05) is 32.1 Å². The Bertz CT molecular complexity index is 449. The molecule has 0 saturated carbocycles. The molecule has 0 bridgehead atoms. The molecule has 0 spiro atoms. The fourth-order valence-corrected chi connectivity index (χ4v) is 3.07. The van der Waals surface area contributed by atoms with Gasteiger partial charge in [0.15, 0.2) is 0 Å². The first-order chi connectivity index (χ1) is 9.51. The van der Waals surface area contributed by atoms with E-state index in [1.807, 2.05) is 6.26 Å². The van der Waals surface area contributed by atoms with Gasteiger partial charge < -0.3 is 15.4 Å². The number of rotatable bonds is 8. The van der Waals surface area contributed by atoms with Gasteiger partial charge in [-0.25, -0.2) is 0 Å². The van der Waals surface area contributed by atoms with Crippen molar-refractivity contribution in [1.82, 2.24) is 0 Å². The highest BCUT2D eigenvalue weighted by Crippen LogP contribution is 2.30. The Hall–Kier alpha value is -0.780. The molecule has 1 rings (SSSR count). The van der Waals surface area contributed by atoms with Gasteiger partial charge in [0, 0.05) is 36.3 Å². The van der Waals surface area contributed by atoms with E-state index >= 15 is 0 Å². The van der Waals surface area contributed by atoms with E-state index in [2.05, 4.69) is 36.9 Å². The van der Waals surface area contributed by atoms with Gasteiger partial charge in [0.05, 0.1) is 6.61 Å². The van der Waals surface area contributed by atoms with E-state index in [1.165, 1.54) is 0 Å². The number of nitrogens with zero attached hydrogens (tertiary/aromatic N) is 1. The second-order valence-electron chi connectivity index (χ2n) is 5.05. The first kappa shape index (κ1) is 17.3. The van der Waals surface area contributed by atoms with Crippen molar-refractivity contribution in [2.45, 2.75) is 18.7 Å². The average molecular weight is 313 g/mol. The van der Waals surface area contributed by atoms with Crippen LogP contribution in [0.15, 0.2) is 23.1 Å². The van der Waals surface area contributed by atoms with Crippen LogP contribution in [0.3, 0.4) is 0 Å². The normalized spacial score (nSPS) is 10.8. The number of hydrogen-bond donors (Lipinski definition) is 1. The van der Waals surface area contributed by atoms with Crippen molar-refractivity contribution in [3.8, 4) is 0 Å². The summed E-state index contributed by atoms with van der Waals surface area (Å²) in [5, 5.41) is 0. The Morgan fingerprint density at radius 2 is 2.15 bits per heavy atom. The van der Waals surface area contributed by atoms with Gasteiger partial charge in [0.2, 0.25) is 0 Å². The van der Waals surface area contributed by atoms with E-state index in [-0.39, 0.29) is 0 Å². The summed E-state index contributed by atoms with van der Waals surface area (Å²) in [7, 11) is 1.72. The maximum absolute atomic E-state index is 5.95. The summed E-state index contributed by atoms with van der Waals surface area (Å²) in [5.41, 5.74) is 8.03. The molecule has 3 nitrogen and oxygen atoms in total. The number of hydrogen-bond acceptors (Lipinski definition) is 4. The summed E-state index contributed by atoms with van der Waals surface area (Å²) in [6.45, 7) is 6.89. The smallest absolute Gasteiger partial charge is 0.107 e. The van der Waals surface area contributed by atoms with E-state index in [9.17, 15) is 0 Å². The van der Waals surface area contributed by atoms with Crippen molar-refractivity contribution in [2.24, 2.45) is 11.7 Å². The third kappa shape index (κ3) is 4.65. The van der Waals surface area contributed by atoms with E-state index < -0.39 is 0 Å². The summed E-state index contributed by atoms with van der Waals surface area (Å²) < 4.78 is 5.22. The lowest BCUT2D eigenvalue weighted by Crippen LogP contribution is -2.33. The van der Waals surface area contributed by atoms with Crippen LogP contribution in [0.5, 0.6) is 0 Å². The van der Waals surface area contributed by atoms with Crippen molar-refractivity contribution in [3.63, 3.8) is 0 Å². The lowest BCUT2D eigenvalue weighted by Gasteiger charge is -2.29. The molecular weight excluding hydrogens is 288 g/mol. The Morgan fingerprint density at radius 1 is 1.45 bits per heavy atom. The lowest BCUT2D eigenvalue weighted by molar-refractivity contribution is 0.204. The number of thiocarbonyl (C=S) groups is 1. The Morgan fingerprint density at radius 3 is 2.65 bits per heavy atom. The summed E-state index contributed by atoms with van der Waals surface area (Å²) in [4.78, 5) is 3.89. The summed E-state index contributed by atoms with van der Waals surface area (Å²) >= 11 is 6.93. The van der Waals surface area contributed by atoms with Crippen LogP contribution >= 0.6 is 24.0 Å². The highest BCUT2D eigenvalue weighted by molar-refractivity contribution is 7.98. The molecule has 0 aliphatic carbocycles. The molecule has 0 unspecified atom stereocenters. The fourth-order valence-electron chi connectivity index (χ4n) is 2.15. The minimum absolute atomic E-state index is 0.455. The molecule has 0 aliphatic rings. The molecule has 0 fully saturated rings. The first-order valence-corrected chi connectivity index (χ1v) is 8.35. The highest BCUT2D eigenvalue weighted by atomic mass is 32.2. The molecule has 112 valence electrons. The van der Waals surface area contributed by atoms with Crippen LogP contribution in [-0.2, 0) is 4.74 Å². The summed E-state index contributed by atoms with van der Waals surface area (Å²) in [6.07, 6.45) is 2.04. The molecule has 0 heterocycles. The number of benzene rings is 1. The predicted octanol–water partition coefficient (Wildman–Crippen LogP) is 3.15. The predicted molar refractivity (Wildman–Crippen MR) is 93.0 cm³/mol. The zero-order valence-corrected chi connectivity index (χ0v) is 14.3. The van der Waals surface area contributed by atoms with E-state index in [1.54, 1.807) is 18.9 Å². The van der Waals surface area contributed by atoms with Gasteiger partial charge in [0.1, 0.15) is 4.99 Å². The number of ether oxygens (including phenoxy) is 1. The topological polar surface area (TPSA) is 38.5 Å². The number of anilines is 1. The van der Waals surface area contributed by atoms with Crippen LogP contribution in [0.4, 0.5) is 5.69 Å². The van der Waals surface area contributed by atoms with Gasteiger partial charge in [0.25, 0.3) is 0 Å². The Kier molecular flexibility index (Phi) is 7.34. The van der Waals surface area contributed by atoms with Gasteiger partial charge in [-0.2, -0.15) is 0 Å². The fraction of sp³-hybridized carbons (Fsp3) is 0.533. The lowest BCUT2D eigenvalue weighted by atomic mass is 10.1. The molecule has 5 heteroatoms. The summed E-state index contributed by atoms with van der Waals surface area (Å²) in [6, 6.07) is 6.21. The van der Waals surface area contributed by atoms with Gasteiger partial charge in [-0.05, 0) is 24.3 Å². The molecule has 2 N–H and O–H groups in total. The van der Waals surface area contributed by atoms with Crippen molar-refractivity contribution in [1.29, 1.82) is 0 Å². The molecule has 1 aromatic rings. The minimum Gasteiger partial charge on any atom is -0.389 e. The summed E-state index contributed by atoms with van der Waals surface area (Å²) in [5.74, 6) is 0.559. The molecule has 20 heavy (non-hydrogen) atoms. The van der Waals surface area contributed by atoms with Gasteiger partial charge >= 0.3 is 0 Å². The van der Waals surface area contributed by atoms with Crippen LogP contribution in [0, 0.1) is 5.92 Å². The monoisotopic (exact) mass is 312 g/mol. The van der Waals surface area contributed by atoms with Crippen LogP contribution in [0.2, 0.25) is 0 Å². The molecule has 0 aliphatic heterocycles. The third-order valence-electron chi connectivity index (χ3n) is 2.96. The van der Waals surface area contributed by atoms with Crippen molar-refractivity contribution >= 4 is 34.7 Å². The van der Waals surface area contributed by atoms with Gasteiger partial charge in [-0.3, -0.25) is 0 Å². The number of thioether (sulfide) groups is 1. The van der Waals surface area contributed by atoms with Crippen LogP contribution in [0.1, 0.15) is 19.4 Å². The molecule has 0 aromatic heterocycles. The maximum atomic E-state index is 5.95. The van der Waals surface area contributed by atoms with Crippen molar-refractivity contribution in [2.75, 3.05) is 38.0 Å². The van der Waals surface area contributed by atoms with Crippen molar-refractivity contribution in [3.05, 3.63) is 23.8 Å². The third-order valence-corrected chi connectivity index (χ3v) is 3.95. The molecule has 0 atom stereocenters. The van der Waals surface area contributed by atoms with Crippen LogP contribution < -0.4 is 10.6 Å². The molecular formula is C15H24N2OS2. The first-order valence-electron chi connectivity index (χ1n) is 6.72. The average Bonchev–Trinajstić information content (AvgIpc) is 2.41. The highest BCUT2D eigenvalue weighted by Gasteiger charge is 2.17. The molecule has 0 radical (unpaired) electrons. The standard InChI is InChI=1S/C15H24N2OS2/c1-11(2)10-17(8-9-18-3)12-6-5-7-13(20-4)14(12)15(16)19/h5-7,11H,8-10H2,1-4H3,(H2,16,19). The largest absolute Gasteiger partial charge is 0.389 e. The minimum atomic E-state index is 0.455. The van der Waals surface area contributed by atoms with E-state index in [0.717, 1.165) is 29.2 Å². The number of methoxy groups -OCH3 is 1. The SMILES string of the molecule is COCCN(CC(C)C)c1cccc(SC)c1C(N)=S. The van der Waals surface area contributed by atoms with Crippen molar-refractivity contribution < 1.29 is 4.74 Å². The van der Waals surface area contributed by atoms with E-state index in [4.69, 9.17) is 22.7 Å². The second kappa shape index (κ2) is 8.49. The molecule has 0 saturated heterocycles. The quantitative estimate of drug-likeness (QED) is 0.590. The Balaban J connectivity index is 3.20. The van der Waals surface area contributed by atoms with Crippen LogP contribution in [-0.4, -0.2) is 38.1 Å². The molecule has 0 amide bonds. The second-order valence-corrected chi connectivity index (χ2v) is 6.34. The zero-order valence-electron chi connectivity index (χ0n) is 12.7. The maximum Gasteiger partial charge on any atom is 0.107 e. The molecule has 1 aromatic carbocycles. The van der Waals surface area contributed by atoms with Crippen LogP contribution in [0.25, 0.3) is 0 Å². The number of nitrogens with two attached hydrogens (primary N) is 1.